The normalized spacial score (nSPS) is 16.7. The number of nitrogens with zero attached hydrogens (tertiary/aromatic N) is 1. The van der Waals surface area contributed by atoms with Gasteiger partial charge < -0.3 is 15.2 Å². The second-order valence-electron chi connectivity index (χ2n) is 3.36. The summed E-state index contributed by atoms with van der Waals surface area (Å²) < 4.78 is 1.56. The zero-order valence-corrected chi connectivity index (χ0v) is 7.58. The molecule has 2 heterocycles. The van der Waals surface area contributed by atoms with Crippen molar-refractivity contribution >= 4 is 5.69 Å². The summed E-state index contributed by atoms with van der Waals surface area (Å²) in [5, 5.41) is 6.43. The largest absolute Gasteiger partial charge is 0.380 e. The highest BCUT2D eigenvalue weighted by atomic mass is 16.1. The first-order chi connectivity index (χ1) is 6.25. The summed E-state index contributed by atoms with van der Waals surface area (Å²) >= 11 is 0. The number of pyridine rings is 1. The van der Waals surface area contributed by atoms with Crippen LogP contribution in [0.1, 0.15) is 0 Å². The monoisotopic (exact) mass is 179 g/mol. The fraction of sp³-hybridized carbons (Fsp3) is 0.444. The third-order valence-corrected chi connectivity index (χ3v) is 2.26. The molecule has 1 fully saturated rings. The zero-order valence-electron chi connectivity index (χ0n) is 7.58. The predicted molar refractivity (Wildman–Crippen MR) is 52.0 cm³/mol. The van der Waals surface area contributed by atoms with Crippen molar-refractivity contribution in [1.29, 1.82) is 0 Å². The van der Waals surface area contributed by atoms with Gasteiger partial charge in [-0.05, 0) is 6.07 Å². The Morgan fingerprint density at radius 2 is 2.38 bits per heavy atom. The fourth-order valence-corrected chi connectivity index (χ4v) is 1.26. The van der Waals surface area contributed by atoms with Crippen LogP contribution in [0.5, 0.6) is 0 Å². The Hall–Kier alpha value is -1.29. The van der Waals surface area contributed by atoms with Crippen molar-refractivity contribution in [3.8, 4) is 0 Å². The summed E-state index contributed by atoms with van der Waals surface area (Å²) in [6.45, 7) is 1.96. The van der Waals surface area contributed by atoms with E-state index in [1.807, 2.05) is 6.07 Å². The zero-order chi connectivity index (χ0) is 9.26. The summed E-state index contributed by atoms with van der Waals surface area (Å²) in [5.74, 6) is 0. The van der Waals surface area contributed by atoms with Gasteiger partial charge in [-0.3, -0.25) is 4.79 Å². The number of hydrogen-bond donors (Lipinski definition) is 2. The summed E-state index contributed by atoms with van der Waals surface area (Å²) in [6, 6.07) is 4.02. The molecule has 1 aliphatic rings. The molecule has 1 aromatic rings. The molecule has 0 saturated carbocycles. The highest BCUT2D eigenvalue weighted by molar-refractivity contribution is 5.42. The minimum Gasteiger partial charge on any atom is -0.380 e. The molecule has 0 aromatic carbocycles. The highest BCUT2D eigenvalue weighted by Gasteiger charge is 2.15. The van der Waals surface area contributed by atoms with Crippen LogP contribution in [-0.4, -0.2) is 23.7 Å². The number of aryl methyl sites for hydroxylation is 1. The van der Waals surface area contributed by atoms with E-state index in [-0.39, 0.29) is 5.56 Å². The quantitative estimate of drug-likeness (QED) is 0.659. The Morgan fingerprint density at radius 1 is 1.62 bits per heavy atom. The molecular weight excluding hydrogens is 166 g/mol. The predicted octanol–water partition coefficient (Wildman–Crippen LogP) is -0.231. The van der Waals surface area contributed by atoms with E-state index in [4.69, 9.17) is 0 Å². The molecular formula is C9H13N3O. The first-order valence-corrected chi connectivity index (χ1v) is 4.39. The van der Waals surface area contributed by atoms with Crippen molar-refractivity contribution in [1.82, 2.24) is 9.88 Å². The Balaban J connectivity index is 2.12. The van der Waals surface area contributed by atoms with Crippen LogP contribution in [0.3, 0.4) is 0 Å². The lowest BCUT2D eigenvalue weighted by molar-refractivity contribution is 0.472. The van der Waals surface area contributed by atoms with Crippen molar-refractivity contribution in [2.75, 3.05) is 18.4 Å². The second-order valence-corrected chi connectivity index (χ2v) is 3.36. The van der Waals surface area contributed by atoms with Crippen LogP contribution >= 0.6 is 0 Å². The second kappa shape index (κ2) is 3.22. The fourth-order valence-electron chi connectivity index (χ4n) is 1.26. The van der Waals surface area contributed by atoms with Crippen molar-refractivity contribution in [2.45, 2.75) is 6.04 Å². The maximum absolute atomic E-state index is 11.2. The van der Waals surface area contributed by atoms with E-state index in [0.717, 1.165) is 18.8 Å². The summed E-state index contributed by atoms with van der Waals surface area (Å²) in [7, 11) is 1.75. The van der Waals surface area contributed by atoms with Gasteiger partial charge in [-0.15, -0.1) is 0 Å². The topological polar surface area (TPSA) is 46.1 Å². The number of rotatable bonds is 2. The van der Waals surface area contributed by atoms with E-state index < -0.39 is 0 Å². The molecule has 0 bridgehead atoms. The van der Waals surface area contributed by atoms with Crippen LogP contribution in [0.2, 0.25) is 0 Å². The molecule has 1 saturated heterocycles. The first-order valence-electron chi connectivity index (χ1n) is 4.39. The lowest BCUT2D eigenvalue weighted by Crippen LogP contribution is -2.51. The molecule has 1 aromatic heterocycles. The number of aromatic nitrogens is 1. The van der Waals surface area contributed by atoms with Gasteiger partial charge in [0.2, 0.25) is 0 Å². The molecule has 0 amide bonds. The first kappa shape index (κ1) is 8.31. The molecule has 0 unspecified atom stereocenters. The molecule has 0 radical (unpaired) electrons. The van der Waals surface area contributed by atoms with Crippen LogP contribution in [0.15, 0.2) is 23.1 Å². The smallest absolute Gasteiger partial charge is 0.252 e. The molecule has 0 spiro atoms. The van der Waals surface area contributed by atoms with Gasteiger partial charge in [0.1, 0.15) is 0 Å². The SMILES string of the molecule is Cn1ccc(NC2CNC2)cc1=O. The van der Waals surface area contributed by atoms with Crippen molar-refractivity contribution < 1.29 is 0 Å². The summed E-state index contributed by atoms with van der Waals surface area (Å²) in [6.07, 6.45) is 1.77. The van der Waals surface area contributed by atoms with Crippen molar-refractivity contribution in [3.63, 3.8) is 0 Å². The minimum absolute atomic E-state index is 0.0253. The van der Waals surface area contributed by atoms with E-state index in [2.05, 4.69) is 10.6 Å². The van der Waals surface area contributed by atoms with Gasteiger partial charge in [0.25, 0.3) is 5.56 Å². The third kappa shape index (κ3) is 1.72. The Morgan fingerprint density at radius 3 is 2.92 bits per heavy atom. The molecule has 4 nitrogen and oxygen atoms in total. The molecule has 4 heteroatoms. The lowest BCUT2D eigenvalue weighted by Gasteiger charge is -2.28. The summed E-state index contributed by atoms with van der Waals surface area (Å²) in [5.41, 5.74) is 0.937. The maximum Gasteiger partial charge on any atom is 0.252 e. The Labute approximate surface area is 76.6 Å². The Kier molecular flexibility index (Phi) is 2.06. The van der Waals surface area contributed by atoms with E-state index in [1.54, 1.807) is 23.9 Å². The number of nitrogens with one attached hydrogen (secondary N) is 2. The number of anilines is 1. The minimum atomic E-state index is 0.0253. The summed E-state index contributed by atoms with van der Waals surface area (Å²) in [4.78, 5) is 11.2. The van der Waals surface area contributed by atoms with Gasteiger partial charge in [0.15, 0.2) is 0 Å². The van der Waals surface area contributed by atoms with Gasteiger partial charge in [-0.1, -0.05) is 0 Å². The maximum atomic E-state index is 11.2. The van der Waals surface area contributed by atoms with Gasteiger partial charge in [0, 0.05) is 38.1 Å². The van der Waals surface area contributed by atoms with Crippen molar-refractivity contribution in [2.24, 2.45) is 7.05 Å². The van der Waals surface area contributed by atoms with Crippen LogP contribution in [0, 0.1) is 0 Å². The van der Waals surface area contributed by atoms with Crippen LogP contribution < -0.4 is 16.2 Å². The van der Waals surface area contributed by atoms with Crippen LogP contribution in [0.25, 0.3) is 0 Å². The lowest BCUT2D eigenvalue weighted by atomic mass is 10.2. The van der Waals surface area contributed by atoms with Gasteiger partial charge >= 0.3 is 0 Å². The molecule has 2 rings (SSSR count). The van der Waals surface area contributed by atoms with Gasteiger partial charge in [-0.2, -0.15) is 0 Å². The highest BCUT2D eigenvalue weighted by Crippen LogP contribution is 2.06. The third-order valence-electron chi connectivity index (χ3n) is 2.26. The van der Waals surface area contributed by atoms with E-state index >= 15 is 0 Å². The van der Waals surface area contributed by atoms with Gasteiger partial charge in [-0.25, -0.2) is 0 Å². The molecule has 1 aliphatic heterocycles. The molecule has 0 atom stereocenters. The van der Waals surface area contributed by atoms with Crippen molar-refractivity contribution in [3.05, 3.63) is 28.7 Å². The molecule has 2 N–H and O–H groups in total. The average molecular weight is 179 g/mol. The average Bonchev–Trinajstić information content (AvgIpc) is 2.04. The van der Waals surface area contributed by atoms with E-state index in [1.165, 1.54) is 0 Å². The molecule has 70 valence electrons. The molecule has 13 heavy (non-hydrogen) atoms. The molecule has 0 aliphatic carbocycles. The van der Waals surface area contributed by atoms with E-state index in [0.29, 0.717) is 6.04 Å². The van der Waals surface area contributed by atoms with Crippen LogP contribution in [-0.2, 0) is 7.05 Å². The Bertz CT molecular complexity index is 354. The van der Waals surface area contributed by atoms with Gasteiger partial charge in [0.05, 0.1) is 6.04 Å². The standard InChI is InChI=1S/C9H13N3O/c1-12-3-2-7(4-9(12)13)11-8-5-10-6-8/h2-4,8,10-11H,5-6H2,1H3. The van der Waals surface area contributed by atoms with E-state index in [9.17, 15) is 4.79 Å². The van der Waals surface area contributed by atoms with Crippen LogP contribution in [0.4, 0.5) is 5.69 Å². The number of hydrogen-bond acceptors (Lipinski definition) is 3.